The number of phenolic OH excluding ortho intramolecular Hbond substituents is 1. The van der Waals surface area contributed by atoms with Gasteiger partial charge in [-0.05, 0) is 56.2 Å². The minimum atomic E-state index is -0.532. The van der Waals surface area contributed by atoms with Gasteiger partial charge in [-0.2, -0.15) is 0 Å². The summed E-state index contributed by atoms with van der Waals surface area (Å²) in [6.07, 6.45) is 0.417. The van der Waals surface area contributed by atoms with Crippen molar-refractivity contribution in [3.05, 3.63) is 53.6 Å². The highest BCUT2D eigenvalue weighted by atomic mass is 16.5. The van der Waals surface area contributed by atoms with Crippen molar-refractivity contribution in [3.63, 3.8) is 0 Å². The largest absolute Gasteiger partial charge is 0.504 e. The predicted octanol–water partition coefficient (Wildman–Crippen LogP) is 3.00. The van der Waals surface area contributed by atoms with Gasteiger partial charge in [0.25, 0.3) is 11.8 Å². The van der Waals surface area contributed by atoms with Gasteiger partial charge in [-0.3, -0.25) is 14.4 Å². The van der Waals surface area contributed by atoms with Crippen LogP contribution < -0.4 is 10.1 Å². The normalized spacial score (nSPS) is 10.3. The first kappa shape index (κ1) is 23.7. The van der Waals surface area contributed by atoms with Crippen molar-refractivity contribution < 1.29 is 29.0 Å². The lowest BCUT2D eigenvalue weighted by Crippen LogP contribution is -2.30. The smallest absolute Gasteiger partial charge is 0.306 e. The highest BCUT2D eigenvalue weighted by Crippen LogP contribution is 2.26. The number of hydrogen-bond donors (Lipinski definition) is 2. The first-order valence-electron chi connectivity index (χ1n) is 10.1. The molecule has 0 heterocycles. The molecule has 2 amide bonds. The summed E-state index contributed by atoms with van der Waals surface area (Å²) in [6.45, 7) is 4.56. The van der Waals surface area contributed by atoms with E-state index in [0.717, 1.165) is 5.56 Å². The van der Waals surface area contributed by atoms with Crippen LogP contribution in [0.3, 0.4) is 0 Å². The number of anilines is 1. The van der Waals surface area contributed by atoms with E-state index in [4.69, 9.17) is 9.47 Å². The number of carbonyl (C=O) groups excluding carboxylic acids is 3. The number of nitrogens with zero attached hydrogens (tertiary/aromatic N) is 1. The molecule has 0 aliphatic rings. The van der Waals surface area contributed by atoms with Crippen molar-refractivity contribution in [1.82, 2.24) is 4.90 Å². The number of methoxy groups -OCH3 is 1. The Labute approximate surface area is 181 Å². The van der Waals surface area contributed by atoms with E-state index in [1.54, 1.807) is 41.3 Å². The van der Waals surface area contributed by atoms with Crippen molar-refractivity contribution in [2.45, 2.75) is 26.7 Å². The van der Waals surface area contributed by atoms with Crippen molar-refractivity contribution >= 4 is 23.5 Å². The molecule has 0 fully saturated rings. The molecule has 2 aromatic rings. The molecule has 0 saturated heterocycles. The zero-order chi connectivity index (χ0) is 22.8. The molecular weight excluding hydrogens is 400 g/mol. The van der Waals surface area contributed by atoms with Gasteiger partial charge in [-0.15, -0.1) is 0 Å². The number of esters is 1. The first-order valence-corrected chi connectivity index (χ1v) is 10.1. The fourth-order valence-corrected chi connectivity index (χ4v) is 2.98. The Morgan fingerprint density at radius 2 is 1.81 bits per heavy atom. The topological polar surface area (TPSA) is 105 Å². The molecule has 2 aromatic carbocycles. The van der Waals surface area contributed by atoms with Gasteiger partial charge in [-0.25, -0.2) is 0 Å². The molecule has 31 heavy (non-hydrogen) atoms. The van der Waals surface area contributed by atoms with Crippen molar-refractivity contribution in [2.75, 3.05) is 32.1 Å². The minimum Gasteiger partial charge on any atom is -0.504 e. The van der Waals surface area contributed by atoms with Gasteiger partial charge in [0.1, 0.15) is 0 Å². The molecule has 0 aromatic heterocycles. The Kier molecular flexibility index (Phi) is 8.87. The number of aromatic hydroxyl groups is 1. The van der Waals surface area contributed by atoms with E-state index in [0.29, 0.717) is 36.5 Å². The van der Waals surface area contributed by atoms with E-state index >= 15 is 0 Å². The lowest BCUT2D eigenvalue weighted by molar-refractivity contribution is -0.147. The SMILES string of the molecule is CCN(CC)C(=O)c1cccc(NC(=O)COC(=O)CCc2ccc(OC)c(O)c2)c1. The molecule has 2 rings (SSSR count). The summed E-state index contributed by atoms with van der Waals surface area (Å²) in [5, 5.41) is 12.4. The zero-order valence-electron chi connectivity index (χ0n) is 18.0. The van der Waals surface area contributed by atoms with Crippen LogP contribution >= 0.6 is 0 Å². The predicted molar refractivity (Wildman–Crippen MR) is 116 cm³/mol. The molecule has 2 N–H and O–H groups in total. The monoisotopic (exact) mass is 428 g/mol. The molecule has 0 spiro atoms. The number of hydrogen-bond acceptors (Lipinski definition) is 6. The summed E-state index contributed by atoms with van der Waals surface area (Å²) in [4.78, 5) is 38.1. The summed E-state index contributed by atoms with van der Waals surface area (Å²) in [5.41, 5.74) is 1.67. The number of carbonyl (C=O) groups is 3. The third kappa shape index (κ3) is 7.02. The number of ether oxygens (including phenoxy) is 2. The average Bonchev–Trinajstić information content (AvgIpc) is 2.77. The van der Waals surface area contributed by atoms with E-state index in [-0.39, 0.29) is 18.1 Å². The Balaban J connectivity index is 1.82. The maximum Gasteiger partial charge on any atom is 0.306 e. The van der Waals surface area contributed by atoms with E-state index in [2.05, 4.69) is 5.32 Å². The summed E-state index contributed by atoms with van der Waals surface area (Å²) in [6, 6.07) is 11.5. The summed E-state index contributed by atoms with van der Waals surface area (Å²) in [5.74, 6) is -0.795. The van der Waals surface area contributed by atoms with Gasteiger partial charge in [0.05, 0.1) is 7.11 Å². The fourth-order valence-electron chi connectivity index (χ4n) is 2.98. The number of phenols is 1. The van der Waals surface area contributed by atoms with Gasteiger partial charge in [0.15, 0.2) is 18.1 Å². The molecule has 0 atom stereocenters. The molecule has 0 radical (unpaired) electrons. The number of aryl methyl sites for hydroxylation is 1. The maximum absolute atomic E-state index is 12.4. The number of rotatable bonds is 10. The second-order valence-corrected chi connectivity index (χ2v) is 6.77. The third-order valence-electron chi connectivity index (χ3n) is 4.67. The third-order valence-corrected chi connectivity index (χ3v) is 4.67. The Morgan fingerprint density at radius 3 is 2.45 bits per heavy atom. The number of benzene rings is 2. The molecule has 166 valence electrons. The van der Waals surface area contributed by atoms with E-state index in [1.165, 1.54) is 13.2 Å². The van der Waals surface area contributed by atoms with Crippen LogP contribution in [0.15, 0.2) is 42.5 Å². The number of nitrogens with one attached hydrogen (secondary N) is 1. The first-order chi connectivity index (χ1) is 14.9. The standard InChI is InChI=1S/C23H28N2O6/c1-4-25(5-2)23(29)17-7-6-8-18(14-17)24-21(27)15-31-22(28)12-10-16-9-11-20(30-3)19(26)13-16/h6-9,11,13-14,26H,4-5,10,12,15H2,1-3H3,(H,24,27). The van der Waals surface area contributed by atoms with E-state index in [9.17, 15) is 19.5 Å². The van der Waals surface area contributed by atoms with Crippen LogP contribution in [0.25, 0.3) is 0 Å². The van der Waals surface area contributed by atoms with Crippen LogP contribution in [-0.2, 0) is 20.7 Å². The van der Waals surface area contributed by atoms with Gasteiger partial charge >= 0.3 is 5.97 Å². The summed E-state index contributed by atoms with van der Waals surface area (Å²) in [7, 11) is 1.45. The lowest BCUT2D eigenvalue weighted by atomic mass is 10.1. The highest BCUT2D eigenvalue weighted by Gasteiger charge is 2.14. The van der Waals surface area contributed by atoms with Crippen molar-refractivity contribution in [3.8, 4) is 11.5 Å². The van der Waals surface area contributed by atoms with Gasteiger partial charge < -0.3 is 24.8 Å². The quantitative estimate of drug-likeness (QED) is 0.564. The van der Waals surface area contributed by atoms with E-state index in [1.807, 2.05) is 13.8 Å². The Hall–Kier alpha value is -3.55. The molecule has 0 unspecified atom stereocenters. The number of amides is 2. The van der Waals surface area contributed by atoms with Gasteiger partial charge in [0.2, 0.25) is 0 Å². The Morgan fingerprint density at radius 1 is 1.06 bits per heavy atom. The van der Waals surface area contributed by atoms with Crippen LogP contribution in [0.4, 0.5) is 5.69 Å². The van der Waals surface area contributed by atoms with Crippen molar-refractivity contribution in [2.24, 2.45) is 0 Å². The minimum absolute atomic E-state index is 0.00514. The zero-order valence-corrected chi connectivity index (χ0v) is 18.0. The second-order valence-electron chi connectivity index (χ2n) is 6.77. The van der Waals surface area contributed by atoms with Crippen LogP contribution in [0.1, 0.15) is 36.2 Å². The Bertz CT molecular complexity index is 924. The molecular formula is C23H28N2O6. The molecule has 0 aliphatic carbocycles. The van der Waals surface area contributed by atoms with Crippen LogP contribution in [0.2, 0.25) is 0 Å². The molecule has 8 nitrogen and oxygen atoms in total. The highest BCUT2D eigenvalue weighted by molar-refractivity contribution is 5.97. The van der Waals surface area contributed by atoms with E-state index < -0.39 is 18.5 Å². The summed E-state index contributed by atoms with van der Waals surface area (Å²) < 4.78 is 9.99. The van der Waals surface area contributed by atoms with Gasteiger partial charge in [0, 0.05) is 30.8 Å². The van der Waals surface area contributed by atoms with Crippen LogP contribution in [0.5, 0.6) is 11.5 Å². The van der Waals surface area contributed by atoms with Crippen LogP contribution in [0, 0.1) is 0 Å². The molecule has 8 heteroatoms. The van der Waals surface area contributed by atoms with Crippen LogP contribution in [-0.4, -0.2) is 54.6 Å². The molecule has 0 aliphatic heterocycles. The second kappa shape index (κ2) is 11.6. The maximum atomic E-state index is 12.4. The average molecular weight is 428 g/mol. The molecule has 0 saturated carbocycles. The van der Waals surface area contributed by atoms with Crippen molar-refractivity contribution in [1.29, 1.82) is 0 Å². The lowest BCUT2D eigenvalue weighted by Gasteiger charge is -2.19. The van der Waals surface area contributed by atoms with Gasteiger partial charge in [-0.1, -0.05) is 12.1 Å². The fraction of sp³-hybridized carbons (Fsp3) is 0.348. The summed E-state index contributed by atoms with van der Waals surface area (Å²) >= 11 is 0. The molecule has 0 bridgehead atoms.